The van der Waals surface area contributed by atoms with Gasteiger partial charge in [0, 0.05) is 17.3 Å². The molecule has 3 aromatic rings. The van der Waals surface area contributed by atoms with Gasteiger partial charge in [-0.15, -0.1) is 11.3 Å². The SMILES string of the molecule is COc1ccc(Nc2nc(COC(=O)c3ccccn3)cs2)cc1. The molecule has 0 amide bonds. The van der Waals surface area contributed by atoms with Crippen LogP contribution in [0.5, 0.6) is 5.75 Å². The van der Waals surface area contributed by atoms with Crippen molar-refractivity contribution < 1.29 is 14.3 Å². The van der Waals surface area contributed by atoms with Gasteiger partial charge in [-0.3, -0.25) is 0 Å². The number of ether oxygens (including phenoxy) is 2. The van der Waals surface area contributed by atoms with Crippen LogP contribution in [-0.4, -0.2) is 23.0 Å². The van der Waals surface area contributed by atoms with Crippen LogP contribution < -0.4 is 10.1 Å². The second-order valence-corrected chi connectivity index (χ2v) is 5.65. The molecule has 1 N–H and O–H groups in total. The summed E-state index contributed by atoms with van der Waals surface area (Å²) in [4.78, 5) is 20.2. The van der Waals surface area contributed by atoms with Gasteiger partial charge in [-0.2, -0.15) is 0 Å². The lowest BCUT2D eigenvalue weighted by molar-refractivity contribution is 0.0461. The van der Waals surface area contributed by atoms with Crippen LogP contribution in [0.4, 0.5) is 10.8 Å². The number of thiazole rings is 1. The van der Waals surface area contributed by atoms with E-state index in [1.54, 1.807) is 31.5 Å². The Balaban J connectivity index is 1.56. The van der Waals surface area contributed by atoms with Crippen molar-refractivity contribution in [1.82, 2.24) is 9.97 Å². The van der Waals surface area contributed by atoms with E-state index in [-0.39, 0.29) is 12.3 Å². The summed E-state index contributed by atoms with van der Waals surface area (Å²) >= 11 is 1.44. The zero-order chi connectivity index (χ0) is 16.8. The van der Waals surface area contributed by atoms with Crippen molar-refractivity contribution in [2.24, 2.45) is 0 Å². The van der Waals surface area contributed by atoms with Crippen LogP contribution in [0, 0.1) is 0 Å². The number of hydrogen-bond donors (Lipinski definition) is 1. The number of rotatable bonds is 6. The summed E-state index contributed by atoms with van der Waals surface area (Å²) in [5.74, 6) is 0.329. The molecule has 0 saturated carbocycles. The molecule has 122 valence electrons. The molecule has 1 aromatic carbocycles. The van der Waals surface area contributed by atoms with Crippen molar-refractivity contribution >= 4 is 28.1 Å². The molecule has 0 aliphatic carbocycles. The van der Waals surface area contributed by atoms with Crippen LogP contribution in [-0.2, 0) is 11.3 Å². The molecule has 0 bridgehead atoms. The minimum Gasteiger partial charge on any atom is -0.497 e. The molecule has 0 radical (unpaired) electrons. The quantitative estimate of drug-likeness (QED) is 0.690. The smallest absolute Gasteiger partial charge is 0.357 e. The zero-order valence-electron chi connectivity index (χ0n) is 12.9. The zero-order valence-corrected chi connectivity index (χ0v) is 13.7. The molecular weight excluding hydrogens is 326 g/mol. The minimum atomic E-state index is -0.465. The molecule has 7 heteroatoms. The number of pyridine rings is 1. The van der Waals surface area contributed by atoms with Gasteiger partial charge in [0.2, 0.25) is 0 Å². The van der Waals surface area contributed by atoms with E-state index in [1.165, 1.54) is 11.3 Å². The minimum absolute atomic E-state index is 0.107. The van der Waals surface area contributed by atoms with Gasteiger partial charge in [0.1, 0.15) is 18.1 Å². The van der Waals surface area contributed by atoms with Crippen LogP contribution in [0.15, 0.2) is 54.0 Å². The molecule has 0 aliphatic rings. The number of nitrogens with zero attached hydrogens (tertiary/aromatic N) is 2. The number of esters is 1. The highest BCUT2D eigenvalue weighted by atomic mass is 32.1. The van der Waals surface area contributed by atoms with Crippen molar-refractivity contribution in [2.75, 3.05) is 12.4 Å². The van der Waals surface area contributed by atoms with Gasteiger partial charge in [0.15, 0.2) is 5.13 Å². The van der Waals surface area contributed by atoms with Gasteiger partial charge in [-0.05, 0) is 36.4 Å². The number of hydrogen-bond acceptors (Lipinski definition) is 7. The Hall–Kier alpha value is -2.93. The van der Waals surface area contributed by atoms with Crippen LogP contribution >= 0.6 is 11.3 Å². The number of methoxy groups -OCH3 is 1. The summed E-state index contributed by atoms with van der Waals surface area (Å²) in [6.45, 7) is 0.107. The summed E-state index contributed by atoms with van der Waals surface area (Å²) in [5, 5.41) is 5.76. The lowest BCUT2D eigenvalue weighted by Crippen LogP contribution is -2.07. The van der Waals surface area contributed by atoms with E-state index in [1.807, 2.05) is 29.6 Å². The van der Waals surface area contributed by atoms with Gasteiger partial charge in [-0.25, -0.2) is 14.8 Å². The molecule has 6 nitrogen and oxygen atoms in total. The third-order valence-electron chi connectivity index (χ3n) is 3.12. The molecule has 0 aliphatic heterocycles. The predicted molar refractivity (Wildman–Crippen MR) is 91.7 cm³/mol. The van der Waals surface area contributed by atoms with Crippen molar-refractivity contribution in [3.63, 3.8) is 0 Å². The van der Waals surface area contributed by atoms with Crippen molar-refractivity contribution in [3.8, 4) is 5.75 Å². The third kappa shape index (κ3) is 4.08. The second-order valence-electron chi connectivity index (χ2n) is 4.79. The Morgan fingerprint density at radius 2 is 2.04 bits per heavy atom. The molecule has 3 rings (SSSR count). The number of nitrogens with one attached hydrogen (secondary N) is 1. The molecule has 2 aromatic heterocycles. The van der Waals surface area contributed by atoms with Crippen LogP contribution in [0.3, 0.4) is 0 Å². The number of carbonyl (C=O) groups excluding carboxylic acids is 1. The molecule has 0 saturated heterocycles. The van der Waals surface area contributed by atoms with E-state index < -0.39 is 5.97 Å². The summed E-state index contributed by atoms with van der Waals surface area (Å²) in [6.07, 6.45) is 1.55. The van der Waals surface area contributed by atoms with E-state index in [9.17, 15) is 4.79 Å². The Labute approximate surface area is 143 Å². The fourth-order valence-electron chi connectivity index (χ4n) is 1.93. The number of anilines is 2. The highest BCUT2D eigenvalue weighted by molar-refractivity contribution is 7.13. The Morgan fingerprint density at radius 3 is 2.75 bits per heavy atom. The van der Waals surface area contributed by atoms with E-state index in [0.29, 0.717) is 5.69 Å². The van der Waals surface area contributed by atoms with E-state index in [2.05, 4.69) is 15.3 Å². The van der Waals surface area contributed by atoms with Gasteiger partial charge >= 0.3 is 5.97 Å². The van der Waals surface area contributed by atoms with E-state index in [0.717, 1.165) is 16.6 Å². The Bertz CT molecular complexity index is 803. The first-order valence-corrected chi connectivity index (χ1v) is 8.06. The van der Waals surface area contributed by atoms with E-state index in [4.69, 9.17) is 9.47 Å². The topological polar surface area (TPSA) is 73.3 Å². The highest BCUT2D eigenvalue weighted by Crippen LogP contribution is 2.23. The van der Waals surface area contributed by atoms with Gasteiger partial charge in [-0.1, -0.05) is 6.07 Å². The molecule has 2 heterocycles. The van der Waals surface area contributed by atoms with Crippen molar-refractivity contribution in [3.05, 3.63) is 65.4 Å². The average molecular weight is 341 g/mol. The molecule has 0 spiro atoms. The van der Waals surface area contributed by atoms with Crippen molar-refractivity contribution in [1.29, 1.82) is 0 Å². The van der Waals surface area contributed by atoms with Crippen LogP contribution in [0.1, 0.15) is 16.2 Å². The highest BCUT2D eigenvalue weighted by Gasteiger charge is 2.10. The van der Waals surface area contributed by atoms with Crippen LogP contribution in [0.2, 0.25) is 0 Å². The first-order valence-electron chi connectivity index (χ1n) is 7.18. The standard InChI is InChI=1S/C17H15N3O3S/c1-22-14-7-5-12(6-8-14)19-17-20-13(11-24-17)10-23-16(21)15-4-2-3-9-18-15/h2-9,11H,10H2,1H3,(H,19,20). The van der Waals surface area contributed by atoms with E-state index >= 15 is 0 Å². The van der Waals surface area contributed by atoms with Gasteiger partial charge in [0.25, 0.3) is 0 Å². The number of aromatic nitrogens is 2. The maximum absolute atomic E-state index is 11.8. The number of benzene rings is 1. The fourth-order valence-corrected chi connectivity index (χ4v) is 2.64. The molecule has 0 unspecified atom stereocenters. The summed E-state index contributed by atoms with van der Waals surface area (Å²) in [5.41, 5.74) is 1.87. The lowest BCUT2D eigenvalue weighted by atomic mass is 10.3. The normalized spacial score (nSPS) is 10.2. The predicted octanol–water partition coefficient (Wildman–Crippen LogP) is 3.65. The molecule has 0 atom stereocenters. The first kappa shape index (κ1) is 15.9. The monoisotopic (exact) mass is 341 g/mol. The Kier molecular flexibility index (Phi) is 5.02. The maximum atomic E-state index is 11.8. The molecule has 24 heavy (non-hydrogen) atoms. The number of carbonyl (C=O) groups is 1. The second kappa shape index (κ2) is 7.56. The molecular formula is C17H15N3O3S. The van der Waals surface area contributed by atoms with Gasteiger partial charge in [0.05, 0.1) is 12.8 Å². The molecule has 0 fully saturated rings. The summed E-state index contributed by atoms with van der Waals surface area (Å²) in [6, 6.07) is 12.6. The summed E-state index contributed by atoms with van der Waals surface area (Å²) < 4.78 is 10.3. The average Bonchev–Trinajstić information content (AvgIpc) is 3.08. The largest absolute Gasteiger partial charge is 0.497 e. The van der Waals surface area contributed by atoms with Crippen LogP contribution in [0.25, 0.3) is 0 Å². The summed E-state index contributed by atoms with van der Waals surface area (Å²) in [7, 11) is 1.63. The maximum Gasteiger partial charge on any atom is 0.357 e. The Morgan fingerprint density at radius 1 is 1.21 bits per heavy atom. The fraction of sp³-hybridized carbons (Fsp3) is 0.118. The third-order valence-corrected chi connectivity index (χ3v) is 3.92. The van der Waals surface area contributed by atoms with Crippen molar-refractivity contribution in [2.45, 2.75) is 6.61 Å². The lowest BCUT2D eigenvalue weighted by Gasteiger charge is -2.04. The first-order chi connectivity index (χ1) is 11.7. The van der Waals surface area contributed by atoms with Gasteiger partial charge < -0.3 is 14.8 Å².